The van der Waals surface area contributed by atoms with E-state index in [1.807, 2.05) is 26.0 Å². The van der Waals surface area contributed by atoms with Crippen molar-refractivity contribution < 1.29 is 0 Å². The van der Waals surface area contributed by atoms with Crippen LogP contribution in [0.15, 0.2) is 219 Å². The smallest absolute Gasteiger partial charge is 0.0390 e. The summed E-state index contributed by atoms with van der Waals surface area (Å²) in [4.78, 5) is 0. The number of hydrogen-bond donors (Lipinski definition) is 1. The first kappa shape index (κ1) is 49.7. The Balaban J connectivity index is 0.000000155. The molecule has 1 nitrogen and oxygen atoms in total. The third kappa shape index (κ3) is 11.2. The van der Waals surface area contributed by atoms with Gasteiger partial charge in [0.25, 0.3) is 0 Å². The van der Waals surface area contributed by atoms with E-state index < -0.39 is 0 Å². The number of nitrogens with two attached hydrogens (primary N) is 1. The minimum Gasteiger partial charge on any atom is -0.398 e. The van der Waals surface area contributed by atoms with Crippen LogP contribution in [0.5, 0.6) is 0 Å². The molecule has 356 valence electrons. The van der Waals surface area contributed by atoms with E-state index in [9.17, 15) is 0 Å². The molecule has 7 unspecified atom stereocenters. The molecule has 1 saturated carbocycles. The molecule has 7 aromatic rings. The zero-order valence-corrected chi connectivity index (χ0v) is 42.8. The number of para-hydroxylation sites is 1. The van der Waals surface area contributed by atoms with E-state index in [-0.39, 0.29) is 0 Å². The molecule has 1 heteroatoms. The zero-order valence-electron chi connectivity index (χ0n) is 42.8. The summed E-state index contributed by atoms with van der Waals surface area (Å²) in [6.45, 7) is 24.4. The second-order valence-electron chi connectivity index (χ2n) is 21.0. The summed E-state index contributed by atoms with van der Waals surface area (Å²) in [6.07, 6.45) is 10.2. The molecule has 10 rings (SSSR count). The van der Waals surface area contributed by atoms with Crippen LogP contribution in [0, 0.1) is 53.3 Å². The lowest BCUT2D eigenvalue weighted by molar-refractivity contribution is 0.113. The Labute approximate surface area is 421 Å². The van der Waals surface area contributed by atoms with Crippen LogP contribution in [0.2, 0.25) is 0 Å². The molecule has 2 N–H and O–H groups in total. The maximum absolute atomic E-state index is 6.53. The van der Waals surface area contributed by atoms with Crippen molar-refractivity contribution in [2.45, 2.75) is 67.2 Å². The Bertz CT molecular complexity index is 2900. The molecule has 3 aliphatic carbocycles. The van der Waals surface area contributed by atoms with Gasteiger partial charge in [-0.3, -0.25) is 0 Å². The normalized spacial score (nSPS) is 21.9. The second-order valence-corrected chi connectivity index (χ2v) is 21.0. The highest BCUT2D eigenvalue weighted by Crippen LogP contribution is 2.60. The van der Waals surface area contributed by atoms with Crippen molar-refractivity contribution in [3.05, 3.63) is 242 Å². The predicted octanol–water partition coefficient (Wildman–Crippen LogP) is 18.9. The summed E-state index contributed by atoms with van der Waals surface area (Å²) in [5.41, 5.74) is 23.9. The number of rotatable bonds is 11. The zero-order chi connectivity index (χ0) is 49.3. The van der Waals surface area contributed by atoms with Crippen molar-refractivity contribution in [1.29, 1.82) is 0 Å². The minimum absolute atomic E-state index is 0.555. The lowest BCUT2D eigenvalue weighted by Gasteiger charge is -2.46. The highest BCUT2D eigenvalue weighted by atomic mass is 14.6. The van der Waals surface area contributed by atoms with E-state index in [2.05, 4.69) is 242 Å². The van der Waals surface area contributed by atoms with E-state index in [0.717, 1.165) is 28.7 Å². The van der Waals surface area contributed by atoms with Gasteiger partial charge in [-0.1, -0.05) is 247 Å². The summed E-state index contributed by atoms with van der Waals surface area (Å²) in [6, 6.07) is 66.4. The molecular formula is C69H75N. The van der Waals surface area contributed by atoms with Crippen molar-refractivity contribution in [1.82, 2.24) is 0 Å². The van der Waals surface area contributed by atoms with Crippen LogP contribution in [0.1, 0.15) is 89.5 Å². The van der Waals surface area contributed by atoms with E-state index >= 15 is 0 Å². The monoisotopic (exact) mass is 918 g/mol. The van der Waals surface area contributed by atoms with Gasteiger partial charge in [0.1, 0.15) is 0 Å². The summed E-state index contributed by atoms with van der Waals surface area (Å²) in [7, 11) is 0. The van der Waals surface area contributed by atoms with Gasteiger partial charge in [-0.15, -0.1) is 0 Å². The number of anilines is 1. The molecule has 0 aromatic heterocycles. The van der Waals surface area contributed by atoms with Gasteiger partial charge < -0.3 is 5.73 Å². The Morgan fingerprint density at radius 3 is 1.61 bits per heavy atom. The molecule has 7 aromatic carbocycles. The Kier molecular flexibility index (Phi) is 16.2. The maximum Gasteiger partial charge on any atom is 0.0390 e. The third-order valence-electron chi connectivity index (χ3n) is 16.3. The van der Waals surface area contributed by atoms with Gasteiger partial charge in [0.2, 0.25) is 0 Å². The number of allylic oxidation sites excluding steroid dienone is 6. The Hall–Kier alpha value is -6.70. The van der Waals surface area contributed by atoms with Gasteiger partial charge >= 0.3 is 0 Å². The van der Waals surface area contributed by atoms with Crippen molar-refractivity contribution >= 4 is 22.4 Å². The standard InChI is InChI=1S/C33H43N.C21H18.C15H14/c1-20(2)21(3)22(4)32-23(5)26(17-18-28(32)27-13-9-10-14-31(27)34)30-19-25-15-16-29(30)33(25)24-11-7-6-8-12-24;1-16(2)18-11-8-12-19(15-18)21-14-7-6-13-20(21)17-9-4-3-5-10-17;1-12(2)14-9-6-10-15(11-14)13-7-4-3-5-8-13/h6-16,18,20-23,25-26,29-30,32-33H,17,19,34H2,1-5H3;3-15H,1H2,2H3;3-11H,1H2,2H3/t21?,22-,23?,25+,26?,29?,30?,32?,33?;;/m0../s1. The first-order valence-corrected chi connectivity index (χ1v) is 25.9. The van der Waals surface area contributed by atoms with Crippen molar-refractivity contribution in [2.24, 2.45) is 53.3 Å². The summed E-state index contributed by atoms with van der Waals surface area (Å²) >= 11 is 0. The number of benzene rings is 7. The molecule has 9 atom stereocenters. The molecule has 0 heterocycles. The Morgan fingerprint density at radius 2 is 1.03 bits per heavy atom. The van der Waals surface area contributed by atoms with Crippen LogP contribution in [0.4, 0.5) is 5.69 Å². The topological polar surface area (TPSA) is 26.0 Å². The highest BCUT2D eigenvalue weighted by Gasteiger charge is 2.51. The molecular weight excluding hydrogens is 843 g/mol. The maximum atomic E-state index is 6.53. The van der Waals surface area contributed by atoms with Crippen LogP contribution in [-0.2, 0) is 0 Å². The first-order chi connectivity index (χ1) is 33.9. The van der Waals surface area contributed by atoms with E-state index in [1.54, 1.807) is 5.56 Å². The fourth-order valence-corrected chi connectivity index (χ4v) is 12.1. The highest BCUT2D eigenvalue weighted by molar-refractivity contribution is 5.84. The molecule has 0 saturated heterocycles. The Morgan fingerprint density at radius 1 is 0.529 bits per heavy atom. The van der Waals surface area contributed by atoms with Crippen molar-refractivity contribution in [3.8, 4) is 33.4 Å². The van der Waals surface area contributed by atoms with Gasteiger partial charge in [-0.2, -0.15) is 0 Å². The lowest BCUT2D eigenvalue weighted by Crippen LogP contribution is -2.38. The largest absolute Gasteiger partial charge is 0.398 e. The van der Waals surface area contributed by atoms with Gasteiger partial charge in [0, 0.05) is 11.3 Å². The van der Waals surface area contributed by atoms with E-state index in [4.69, 9.17) is 5.73 Å². The van der Waals surface area contributed by atoms with Crippen LogP contribution < -0.4 is 5.73 Å². The first-order valence-electron chi connectivity index (χ1n) is 25.9. The average molecular weight is 918 g/mol. The van der Waals surface area contributed by atoms with E-state index in [0.29, 0.717) is 47.3 Å². The lowest BCUT2D eigenvalue weighted by atomic mass is 9.59. The van der Waals surface area contributed by atoms with Crippen LogP contribution >= 0.6 is 0 Å². The number of hydrogen-bond acceptors (Lipinski definition) is 1. The molecule has 2 bridgehead atoms. The van der Waals surface area contributed by atoms with Crippen molar-refractivity contribution in [3.63, 3.8) is 0 Å². The molecule has 3 aliphatic rings. The fourth-order valence-electron chi connectivity index (χ4n) is 12.1. The molecule has 0 radical (unpaired) electrons. The molecule has 1 fully saturated rings. The minimum atomic E-state index is 0.555. The molecule has 0 amide bonds. The quantitative estimate of drug-likeness (QED) is 0.102. The van der Waals surface area contributed by atoms with Gasteiger partial charge in [0.15, 0.2) is 0 Å². The van der Waals surface area contributed by atoms with Crippen LogP contribution in [0.3, 0.4) is 0 Å². The molecule has 0 aliphatic heterocycles. The average Bonchev–Trinajstić information content (AvgIpc) is 3.98. The predicted molar refractivity (Wildman–Crippen MR) is 305 cm³/mol. The summed E-state index contributed by atoms with van der Waals surface area (Å²) in [5.74, 6) is 6.81. The van der Waals surface area contributed by atoms with Gasteiger partial charge in [0.05, 0.1) is 0 Å². The van der Waals surface area contributed by atoms with Gasteiger partial charge in [-0.25, -0.2) is 0 Å². The van der Waals surface area contributed by atoms with Crippen molar-refractivity contribution in [2.75, 3.05) is 5.73 Å². The van der Waals surface area contributed by atoms with Crippen LogP contribution in [-0.4, -0.2) is 0 Å². The fraction of sp³-hybridized carbons (Fsp3) is 0.275. The number of fused-ring (bicyclic) bond motifs is 2. The number of nitrogen functional groups attached to an aromatic ring is 1. The second kappa shape index (κ2) is 22.8. The molecule has 70 heavy (non-hydrogen) atoms. The summed E-state index contributed by atoms with van der Waals surface area (Å²) < 4.78 is 0. The van der Waals surface area contributed by atoms with Crippen LogP contribution in [0.25, 0.3) is 50.1 Å². The molecule has 0 spiro atoms. The van der Waals surface area contributed by atoms with E-state index in [1.165, 1.54) is 68.5 Å². The van der Waals surface area contributed by atoms with Gasteiger partial charge in [-0.05, 0) is 160 Å². The summed E-state index contributed by atoms with van der Waals surface area (Å²) in [5, 5.41) is 0. The third-order valence-corrected chi connectivity index (χ3v) is 16.3. The SMILES string of the molecule is C=C(C)c1cccc(-c2ccccc2)c1.C=C(C)c1cccc(-c2ccccc2-c2ccccc2)c1.CC(C)C(C)[C@H](C)C1C(c2ccccc2N)=CCC(C2C[C@H]3C=CC2C3c2ccccc2)C1C.